The number of aromatic nitrogens is 1. The van der Waals surface area contributed by atoms with Crippen molar-refractivity contribution in [2.24, 2.45) is 0 Å². The van der Waals surface area contributed by atoms with Gasteiger partial charge < -0.3 is 14.8 Å². The predicted molar refractivity (Wildman–Crippen MR) is 105 cm³/mol. The van der Waals surface area contributed by atoms with Gasteiger partial charge in [0, 0.05) is 16.0 Å². The molecule has 1 aromatic heterocycles. The maximum Gasteiger partial charge on any atom is 0.234 e. The summed E-state index contributed by atoms with van der Waals surface area (Å²) in [5.41, 5.74) is 2.46. The third-order valence-electron chi connectivity index (χ3n) is 3.85. The lowest BCUT2D eigenvalue weighted by Crippen LogP contribution is -2.14. The lowest BCUT2D eigenvalue weighted by molar-refractivity contribution is -0.113. The third-order valence-corrected chi connectivity index (χ3v) is 4.90. The number of nitrogens with zero attached hydrogens (tertiary/aromatic N) is 1. The van der Waals surface area contributed by atoms with Crippen LogP contribution in [0.3, 0.4) is 0 Å². The first-order chi connectivity index (χ1) is 12.6. The fourth-order valence-corrected chi connectivity index (χ4v) is 3.56. The highest BCUT2D eigenvalue weighted by Gasteiger charge is 2.11. The minimum Gasteiger partial charge on any atom is -0.497 e. The Morgan fingerprint density at radius 1 is 1.12 bits per heavy atom. The van der Waals surface area contributed by atoms with Crippen LogP contribution < -0.4 is 14.8 Å². The smallest absolute Gasteiger partial charge is 0.234 e. The monoisotopic (exact) mass is 368 g/mol. The topological polar surface area (TPSA) is 60.5 Å². The second kappa shape index (κ2) is 8.10. The number of anilines is 1. The van der Waals surface area contributed by atoms with Crippen LogP contribution in [0.4, 0.5) is 5.69 Å². The van der Waals surface area contributed by atoms with Crippen molar-refractivity contribution in [3.63, 3.8) is 0 Å². The molecule has 3 aromatic rings. The molecule has 26 heavy (non-hydrogen) atoms. The van der Waals surface area contributed by atoms with E-state index in [1.54, 1.807) is 14.2 Å². The van der Waals surface area contributed by atoms with Crippen LogP contribution in [0.5, 0.6) is 11.5 Å². The first-order valence-corrected chi connectivity index (χ1v) is 9.10. The summed E-state index contributed by atoms with van der Waals surface area (Å²) < 4.78 is 10.6. The number of thioether (sulfide) groups is 1. The Hall–Kier alpha value is -2.73. The molecule has 134 valence electrons. The number of pyridine rings is 1. The van der Waals surface area contributed by atoms with Crippen LogP contribution in [0.15, 0.2) is 53.4 Å². The first kappa shape index (κ1) is 18.1. The number of ether oxygens (including phenoxy) is 2. The van der Waals surface area contributed by atoms with Crippen molar-refractivity contribution >= 4 is 34.3 Å². The molecule has 1 N–H and O–H groups in total. The number of benzene rings is 2. The van der Waals surface area contributed by atoms with Crippen molar-refractivity contribution in [2.75, 3.05) is 25.3 Å². The number of methoxy groups -OCH3 is 2. The molecule has 0 aliphatic carbocycles. The molecule has 1 amide bonds. The van der Waals surface area contributed by atoms with E-state index in [0.717, 1.165) is 27.2 Å². The zero-order valence-corrected chi connectivity index (χ0v) is 15.7. The van der Waals surface area contributed by atoms with E-state index in [0.29, 0.717) is 11.4 Å². The number of carbonyl (C=O) groups is 1. The average molecular weight is 368 g/mol. The highest BCUT2D eigenvalue weighted by molar-refractivity contribution is 8.00. The van der Waals surface area contributed by atoms with Gasteiger partial charge in [0.05, 0.1) is 31.2 Å². The van der Waals surface area contributed by atoms with E-state index in [9.17, 15) is 4.79 Å². The largest absolute Gasteiger partial charge is 0.497 e. The molecule has 0 radical (unpaired) electrons. The highest BCUT2D eigenvalue weighted by Crippen LogP contribution is 2.31. The number of hydrogen-bond acceptors (Lipinski definition) is 5. The molecule has 5 nitrogen and oxygen atoms in total. The summed E-state index contributed by atoms with van der Waals surface area (Å²) in [6, 6.07) is 15.1. The summed E-state index contributed by atoms with van der Waals surface area (Å²) in [5.74, 6) is 1.60. The summed E-state index contributed by atoms with van der Waals surface area (Å²) >= 11 is 1.48. The van der Waals surface area contributed by atoms with Gasteiger partial charge in [0.1, 0.15) is 11.5 Å². The van der Waals surface area contributed by atoms with E-state index in [-0.39, 0.29) is 11.7 Å². The molecule has 0 aliphatic heterocycles. The van der Waals surface area contributed by atoms with Gasteiger partial charge in [-0.1, -0.05) is 12.1 Å². The van der Waals surface area contributed by atoms with E-state index < -0.39 is 0 Å². The zero-order valence-electron chi connectivity index (χ0n) is 14.9. The minimum atomic E-state index is -0.0926. The van der Waals surface area contributed by atoms with Crippen LogP contribution in [-0.2, 0) is 4.79 Å². The molecule has 0 fully saturated rings. The molecular formula is C20H20N2O3S. The van der Waals surface area contributed by atoms with E-state index in [4.69, 9.17) is 9.47 Å². The quantitative estimate of drug-likeness (QED) is 0.658. The van der Waals surface area contributed by atoms with Crippen molar-refractivity contribution in [1.82, 2.24) is 4.98 Å². The molecule has 0 saturated heterocycles. The summed E-state index contributed by atoms with van der Waals surface area (Å²) in [4.78, 5) is 17.9. The Morgan fingerprint density at radius 3 is 2.69 bits per heavy atom. The molecule has 3 rings (SSSR count). The molecule has 0 spiro atoms. The molecule has 0 saturated carbocycles. The van der Waals surface area contributed by atoms with Crippen LogP contribution in [0.25, 0.3) is 10.9 Å². The van der Waals surface area contributed by atoms with Crippen LogP contribution in [0.2, 0.25) is 0 Å². The lowest BCUT2D eigenvalue weighted by Gasteiger charge is -2.11. The number of fused-ring (bicyclic) bond motifs is 1. The Bertz CT molecular complexity index is 943. The van der Waals surface area contributed by atoms with E-state index in [1.165, 1.54) is 11.8 Å². The van der Waals surface area contributed by atoms with Crippen molar-refractivity contribution in [2.45, 2.75) is 11.8 Å². The van der Waals surface area contributed by atoms with Crippen molar-refractivity contribution in [3.8, 4) is 11.5 Å². The van der Waals surface area contributed by atoms with Crippen LogP contribution >= 0.6 is 11.8 Å². The highest BCUT2D eigenvalue weighted by atomic mass is 32.2. The number of carbonyl (C=O) groups excluding carboxylic acids is 1. The molecular weight excluding hydrogens is 348 g/mol. The van der Waals surface area contributed by atoms with Gasteiger partial charge >= 0.3 is 0 Å². The second-order valence-corrected chi connectivity index (χ2v) is 6.70. The number of nitrogens with one attached hydrogen (secondary N) is 1. The number of aryl methyl sites for hydroxylation is 1. The molecule has 6 heteroatoms. The van der Waals surface area contributed by atoms with Gasteiger partial charge in [0.25, 0.3) is 0 Å². The molecule has 0 atom stereocenters. The SMILES string of the molecule is COc1ccc2nc(C)cc(SCC(=O)Nc3ccccc3OC)c2c1. The van der Waals surface area contributed by atoms with Gasteiger partial charge in [-0.2, -0.15) is 0 Å². The zero-order chi connectivity index (χ0) is 18.5. The second-order valence-electron chi connectivity index (χ2n) is 5.68. The van der Waals surface area contributed by atoms with Crippen molar-refractivity contribution < 1.29 is 14.3 Å². The Balaban J connectivity index is 1.77. The van der Waals surface area contributed by atoms with Gasteiger partial charge in [-0.15, -0.1) is 11.8 Å². The van der Waals surface area contributed by atoms with Gasteiger partial charge in [0.15, 0.2) is 0 Å². The normalized spacial score (nSPS) is 10.6. The third kappa shape index (κ3) is 4.08. The molecule has 1 heterocycles. The Labute approximate surface area is 156 Å². The standard InChI is InChI=1S/C20H20N2O3S/c1-13-10-19(15-11-14(24-2)8-9-16(15)21-13)26-12-20(23)22-17-6-4-5-7-18(17)25-3/h4-11H,12H2,1-3H3,(H,22,23). The first-order valence-electron chi connectivity index (χ1n) is 8.12. The van der Waals surface area contributed by atoms with Gasteiger partial charge in [-0.3, -0.25) is 9.78 Å². The average Bonchev–Trinajstić information content (AvgIpc) is 2.66. The maximum atomic E-state index is 12.4. The summed E-state index contributed by atoms with van der Waals surface area (Å²) in [5, 5.41) is 3.87. The van der Waals surface area contributed by atoms with E-state index in [2.05, 4.69) is 10.3 Å². The van der Waals surface area contributed by atoms with Crippen LogP contribution in [-0.4, -0.2) is 30.9 Å². The summed E-state index contributed by atoms with van der Waals surface area (Å²) in [6.45, 7) is 1.95. The predicted octanol–water partition coefficient (Wildman–Crippen LogP) is 4.29. The summed E-state index contributed by atoms with van der Waals surface area (Å²) in [6.07, 6.45) is 0. The van der Waals surface area contributed by atoms with Gasteiger partial charge in [-0.25, -0.2) is 0 Å². The number of rotatable bonds is 6. The van der Waals surface area contributed by atoms with E-state index in [1.807, 2.05) is 55.5 Å². The van der Waals surface area contributed by atoms with E-state index >= 15 is 0 Å². The number of amides is 1. The Kier molecular flexibility index (Phi) is 5.63. The minimum absolute atomic E-state index is 0.0926. The molecule has 0 unspecified atom stereocenters. The molecule has 2 aromatic carbocycles. The maximum absolute atomic E-state index is 12.4. The Morgan fingerprint density at radius 2 is 1.92 bits per heavy atom. The van der Waals surface area contributed by atoms with Crippen LogP contribution in [0.1, 0.15) is 5.69 Å². The van der Waals surface area contributed by atoms with Crippen LogP contribution in [0, 0.1) is 6.92 Å². The van der Waals surface area contributed by atoms with Crippen molar-refractivity contribution in [1.29, 1.82) is 0 Å². The van der Waals surface area contributed by atoms with Gasteiger partial charge in [-0.05, 0) is 43.3 Å². The fourth-order valence-electron chi connectivity index (χ4n) is 2.62. The van der Waals surface area contributed by atoms with Crippen molar-refractivity contribution in [3.05, 3.63) is 54.2 Å². The molecule has 0 aliphatic rings. The summed E-state index contributed by atoms with van der Waals surface area (Å²) in [7, 11) is 3.22. The molecule has 0 bridgehead atoms. The number of para-hydroxylation sites is 2. The lowest BCUT2D eigenvalue weighted by atomic mass is 10.2. The van der Waals surface area contributed by atoms with Gasteiger partial charge in [0.2, 0.25) is 5.91 Å². The number of hydrogen-bond donors (Lipinski definition) is 1. The fraction of sp³-hybridized carbons (Fsp3) is 0.200.